The Morgan fingerprint density at radius 2 is 1.93 bits per heavy atom. The van der Waals surface area contributed by atoms with Crippen LogP contribution in [0.1, 0.15) is 76.0 Å². The van der Waals surface area contributed by atoms with Gasteiger partial charge in [0.05, 0.1) is 11.7 Å². The monoisotopic (exact) mass is 386 g/mol. The predicted molar refractivity (Wildman–Crippen MR) is 108 cm³/mol. The number of carbonyl (C=O) groups is 2. The quantitative estimate of drug-likeness (QED) is 0.802. The van der Waals surface area contributed by atoms with Crippen LogP contribution in [0.5, 0.6) is 0 Å². The Kier molecular flexibility index (Phi) is 4.79. The highest BCUT2D eigenvalue weighted by Gasteiger charge is 2.60. The first-order valence-corrected chi connectivity index (χ1v) is 10.8. The van der Waals surface area contributed by atoms with Crippen molar-refractivity contribution in [3.63, 3.8) is 0 Å². The molecule has 0 aromatic carbocycles. The summed E-state index contributed by atoms with van der Waals surface area (Å²) in [5.41, 5.74) is 1.66. The zero-order valence-electron chi connectivity index (χ0n) is 17.9. The van der Waals surface area contributed by atoms with Gasteiger partial charge in [0, 0.05) is 38.0 Å². The molecule has 6 nitrogen and oxygen atoms in total. The van der Waals surface area contributed by atoms with Crippen LogP contribution in [0.4, 0.5) is 0 Å². The van der Waals surface area contributed by atoms with Gasteiger partial charge >= 0.3 is 0 Å². The van der Waals surface area contributed by atoms with E-state index in [1.54, 1.807) is 11.6 Å². The predicted octanol–water partition coefficient (Wildman–Crippen LogP) is 3.01. The first kappa shape index (κ1) is 19.5. The van der Waals surface area contributed by atoms with Crippen molar-refractivity contribution in [1.82, 2.24) is 19.6 Å². The van der Waals surface area contributed by atoms with Gasteiger partial charge in [0.1, 0.15) is 5.69 Å². The Balaban J connectivity index is 1.68. The fraction of sp³-hybridized carbons (Fsp3) is 0.773. The summed E-state index contributed by atoms with van der Waals surface area (Å²) < 4.78 is 1.75. The highest BCUT2D eigenvalue weighted by molar-refractivity contribution is 5.93. The van der Waals surface area contributed by atoms with E-state index < -0.39 is 0 Å². The molecular formula is C22H34N4O2. The molecule has 4 atom stereocenters. The standard InChI is InChI=1S/C22H34N4O2/c1-14(2)10-16-11-18(24(5)23-16)21(28)25-13-17-12-22(4)19(25)8-6-7-9-20(22)26(17)15(3)27/h11,14,17,19-20H,6-10,12-13H2,1-5H3/t17-,19+,20-,22+/m0/s1. The topological polar surface area (TPSA) is 58.4 Å². The van der Waals surface area contributed by atoms with Crippen molar-refractivity contribution in [3.8, 4) is 0 Å². The Morgan fingerprint density at radius 1 is 1.25 bits per heavy atom. The Bertz CT molecular complexity index is 785. The molecule has 0 radical (unpaired) electrons. The van der Waals surface area contributed by atoms with Crippen LogP contribution in [0, 0.1) is 11.3 Å². The molecule has 28 heavy (non-hydrogen) atoms. The van der Waals surface area contributed by atoms with Gasteiger partial charge in [0.2, 0.25) is 5.91 Å². The largest absolute Gasteiger partial charge is 0.335 e. The second-order valence-corrected chi connectivity index (χ2v) is 9.81. The molecule has 1 aliphatic carbocycles. The molecule has 2 aliphatic heterocycles. The van der Waals surface area contributed by atoms with Crippen LogP contribution in [0.3, 0.4) is 0 Å². The first-order valence-electron chi connectivity index (χ1n) is 10.8. The zero-order chi connectivity index (χ0) is 20.2. The SMILES string of the molecule is CC(=O)N1[C@@H]2CN(C(=O)c3cc(CC(C)C)nn3C)[C@@H]3CCCC[C@H]1[C@]3(C)C2. The van der Waals surface area contributed by atoms with Gasteiger partial charge in [0.15, 0.2) is 0 Å². The van der Waals surface area contributed by atoms with E-state index in [0.29, 0.717) is 18.2 Å². The maximum Gasteiger partial charge on any atom is 0.272 e. The summed E-state index contributed by atoms with van der Waals surface area (Å²) in [5, 5.41) is 4.58. The van der Waals surface area contributed by atoms with Crippen LogP contribution in [-0.2, 0) is 18.3 Å². The molecule has 3 aliphatic rings. The maximum atomic E-state index is 13.6. The van der Waals surface area contributed by atoms with Crippen molar-refractivity contribution in [1.29, 1.82) is 0 Å². The van der Waals surface area contributed by atoms with Gasteiger partial charge in [-0.25, -0.2) is 0 Å². The Morgan fingerprint density at radius 3 is 2.57 bits per heavy atom. The summed E-state index contributed by atoms with van der Waals surface area (Å²) in [5.74, 6) is 0.750. The van der Waals surface area contributed by atoms with Crippen LogP contribution in [-0.4, -0.2) is 56.1 Å². The minimum Gasteiger partial charge on any atom is -0.335 e. The lowest BCUT2D eigenvalue weighted by Crippen LogP contribution is -2.56. The van der Waals surface area contributed by atoms with Crippen molar-refractivity contribution >= 4 is 11.8 Å². The van der Waals surface area contributed by atoms with Gasteiger partial charge in [-0.2, -0.15) is 5.10 Å². The van der Waals surface area contributed by atoms with Crippen LogP contribution >= 0.6 is 0 Å². The van der Waals surface area contributed by atoms with E-state index in [1.165, 1.54) is 0 Å². The fourth-order valence-electron chi connectivity index (χ4n) is 6.26. The third-order valence-electron chi connectivity index (χ3n) is 7.31. The van der Waals surface area contributed by atoms with E-state index in [2.05, 4.69) is 35.7 Å². The zero-order valence-corrected chi connectivity index (χ0v) is 17.9. The van der Waals surface area contributed by atoms with Crippen molar-refractivity contribution in [2.75, 3.05) is 6.54 Å². The lowest BCUT2D eigenvalue weighted by atomic mass is 9.71. The number of hydrogen-bond acceptors (Lipinski definition) is 3. The van der Waals surface area contributed by atoms with Crippen molar-refractivity contribution < 1.29 is 9.59 Å². The summed E-state index contributed by atoms with van der Waals surface area (Å²) >= 11 is 0. The summed E-state index contributed by atoms with van der Waals surface area (Å²) in [6.07, 6.45) is 6.27. The molecule has 3 fully saturated rings. The highest BCUT2D eigenvalue weighted by Crippen LogP contribution is 2.53. The van der Waals surface area contributed by atoms with Gasteiger partial charge in [-0.3, -0.25) is 14.3 Å². The molecule has 2 saturated heterocycles. The van der Waals surface area contributed by atoms with Gasteiger partial charge in [-0.05, 0) is 37.7 Å². The number of piperidine rings is 1. The number of nitrogens with zero attached hydrogens (tertiary/aromatic N) is 4. The summed E-state index contributed by atoms with van der Waals surface area (Å²) in [7, 11) is 1.87. The molecule has 6 heteroatoms. The molecule has 0 unspecified atom stereocenters. The second kappa shape index (κ2) is 6.89. The Labute approximate surface area is 168 Å². The molecule has 0 N–H and O–H groups in total. The number of likely N-dealkylation sites (tertiary alicyclic amines) is 2. The normalized spacial score (nSPS) is 32.0. The van der Waals surface area contributed by atoms with E-state index in [-0.39, 0.29) is 35.4 Å². The maximum absolute atomic E-state index is 13.6. The number of aryl methyl sites for hydroxylation is 1. The van der Waals surface area contributed by atoms with E-state index in [4.69, 9.17) is 0 Å². The number of fused-ring (bicyclic) bond motifs is 1. The minimum atomic E-state index is 0.000101. The van der Waals surface area contributed by atoms with Crippen LogP contribution in [0.25, 0.3) is 0 Å². The molecule has 0 spiro atoms. The third-order valence-corrected chi connectivity index (χ3v) is 7.31. The average Bonchev–Trinajstić information content (AvgIpc) is 3.01. The molecule has 2 bridgehead atoms. The van der Waals surface area contributed by atoms with Gasteiger partial charge < -0.3 is 9.80 Å². The molecule has 4 rings (SSSR count). The van der Waals surface area contributed by atoms with Gasteiger partial charge in [-0.15, -0.1) is 0 Å². The van der Waals surface area contributed by atoms with E-state index in [0.717, 1.165) is 44.2 Å². The molecule has 1 aromatic heterocycles. The third kappa shape index (κ3) is 2.96. The summed E-state index contributed by atoms with van der Waals surface area (Å²) in [4.78, 5) is 30.3. The number of rotatable bonds is 3. The van der Waals surface area contributed by atoms with E-state index >= 15 is 0 Å². The molecule has 1 aromatic rings. The number of hydrogen-bond donors (Lipinski definition) is 0. The molecule has 1 saturated carbocycles. The van der Waals surface area contributed by atoms with Crippen molar-refractivity contribution in [2.24, 2.45) is 18.4 Å². The molecular weight excluding hydrogens is 352 g/mol. The van der Waals surface area contributed by atoms with E-state index in [9.17, 15) is 9.59 Å². The van der Waals surface area contributed by atoms with Crippen LogP contribution < -0.4 is 0 Å². The van der Waals surface area contributed by atoms with Gasteiger partial charge in [-0.1, -0.05) is 33.6 Å². The number of aromatic nitrogens is 2. The lowest BCUT2D eigenvalue weighted by Gasteiger charge is -2.46. The fourth-order valence-corrected chi connectivity index (χ4v) is 6.26. The van der Waals surface area contributed by atoms with E-state index in [1.807, 2.05) is 13.1 Å². The van der Waals surface area contributed by atoms with Crippen LogP contribution in [0.15, 0.2) is 6.07 Å². The summed E-state index contributed by atoms with van der Waals surface area (Å²) in [6.45, 7) is 8.99. The van der Waals surface area contributed by atoms with Gasteiger partial charge in [0.25, 0.3) is 5.91 Å². The summed E-state index contributed by atoms with van der Waals surface area (Å²) in [6, 6.07) is 2.59. The number of carbonyl (C=O) groups excluding carboxylic acids is 2. The second-order valence-electron chi connectivity index (χ2n) is 9.81. The molecule has 154 valence electrons. The van der Waals surface area contributed by atoms with Crippen molar-refractivity contribution in [2.45, 2.75) is 84.3 Å². The first-order chi connectivity index (χ1) is 13.2. The molecule has 3 heterocycles. The number of amides is 2. The minimum absolute atomic E-state index is 0.000101. The average molecular weight is 387 g/mol. The van der Waals surface area contributed by atoms with Crippen molar-refractivity contribution in [3.05, 3.63) is 17.5 Å². The highest BCUT2D eigenvalue weighted by atomic mass is 16.2. The van der Waals surface area contributed by atoms with Crippen LogP contribution in [0.2, 0.25) is 0 Å². The smallest absolute Gasteiger partial charge is 0.272 e. The molecule has 2 amide bonds. The Hall–Kier alpha value is -1.85. The lowest BCUT2D eigenvalue weighted by molar-refractivity contribution is -0.132.